The molecule has 0 bridgehead atoms. The molecule has 1 aromatic carbocycles. The van der Waals surface area contributed by atoms with E-state index in [0.29, 0.717) is 6.04 Å². The van der Waals surface area contributed by atoms with Gasteiger partial charge in [-0.1, -0.05) is 34.1 Å². The largest absolute Gasteiger partial charge is 0.381 e. The van der Waals surface area contributed by atoms with Gasteiger partial charge in [-0.05, 0) is 24.5 Å². The number of rotatable bonds is 3. The minimum Gasteiger partial charge on any atom is -0.381 e. The zero-order chi connectivity index (χ0) is 10.5. The van der Waals surface area contributed by atoms with Crippen molar-refractivity contribution in [2.75, 3.05) is 13.2 Å². The van der Waals surface area contributed by atoms with Crippen LogP contribution in [0.15, 0.2) is 28.7 Å². The monoisotopic (exact) mass is 269 g/mol. The van der Waals surface area contributed by atoms with E-state index in [1.165, 1.54) is 10.0 Å². The van der Waals surface area contributed by atoms with Crippen molar-refractivity contribution >= 4 is 15.9 Å². The molecule has 0 aromatic heterocycles. The normalized spacial score (nSPS) is 17.9. The van der Waals surface area contributed by atoms with Crippen LogP contribution in [0.3, 0.4) is 0 Å². The van der Waals surface area contributed by atoms with Crippen molar-refractivity contribution in [3.63, 3.8) is 0 Å². The van der Waals surface area contributed by atoms with Gasteiger partial charge in [0.25, 0.3) is 0 Å². The predicted molar refractivity (Wildman–Crippen MR) is 64.8 cm³/mol. The molecule has 0 amide bonds. The van der Waals surface area contributed by atoms with Crippen LogP contribution in [0.4, 0.5) is 0 Å². The van der Waals surface area contributed by atoms with Gasteiger partial charge in [-0.25, -0.2) is 0 Å². The summed E-state index contributed by atoms with van der Waals surface area (Å²) in [5.41, 5.74) is 1.32. The molecule has 1 N–H and O–H groups in total. The molecule has 0 spiro atoms. The van der Waals surface area contributed by atoms with Crippen molar-refractivity contribution in [1.82, 2.24) is 5.32 Å². The number of ether oxygens (including phenoxy) is 1. The van der Waals surface area contributed by atoms with Gasteiger partial charge in [0.1, 0.15) is 0 Å². The lowest BCUT2D eigenvalue weighted by Gasteiger charge is -2.23. The highest BCUT2D eigenvalue weighted by atomic mass is 79.9. The van der Waals surface area contributed by atoms with E-state index >= 15 is 0 Å². The van der Waals surface area contributed by atoms with E-state index in [9.17, 15) is 0 Å². The molecule has 2 rings (SSSR count). The molecule has 1 heterocycles. The lowest BCUT2D eigenvalue weighted by atomic mass is 10.1. The summed E-state index contributed by atoms with van der Waals surface area (Å²) in [7, 11) is 0. The summed E-state index contributed by atoms with van der Waals surface area (Å²) in [5.74, 6) is 0. The summed E-state index contributed by atoms with van der Waals surface area (Å²) in [6, 6.07) is 8.97. The van der Waals surface area contributed by atoms with Crippen LogP contribution in [-0.4, -0.2) is 19.3 Å². The maximum Gasteiger partial charge on any atom is 0.0480 e. The van der Waals surface area contributed by atoms with Gasteiger partial charge in [-0.15, -0.1) is 0 Å². The summed E-state index contributed by atoms with van der Waals surface area (Å²) in [6.45, 7) is 2.73. The molecule has 2 nitrogen and oxygen atoms in total. The maximum absolute atomic E-state index is 5.33. The molecule has 1 saturated heterocycles. The van der Waals surface area contributed by atoms with Gasteiger partial charge in [0, 0.05) is 30.3 Å². The van der Waals surface area contributed by atoms with Crippen LogP contribution < -0.4 is 5.32 Å². The summed E-state index contributed by atoms with van der Waals surface area (Å²) >= 11 is 3.56. The van der Waals surface area contributed by atoms with E-state index in [1.54, 1.807) is 0 Å². The summed E-state index contributed by atoms with van der Waals surface area (Å²) in [6.07, 6.45) is 2.26. The number of hydrogen-bond donors (Lipinski definition) is 1. The van der Waals surface area contributed by atoms with Crippen molar-refractivity contribution in [2.24, 2.45) is 0 Å². The fourth-order valence-corrected chi connectivity index (χ4v) is 2.22. The summed E-state index contributed by atoms with van der Waals surface area (Å²) in [5, 5.41) is 3.57. The van der Waals surface area contributed by atoms with E-state index in [2.05, 4.69) is 39.4 Å². The predicted octanol–water partition coefficient (Wildman–Crippen LogP) is 2.72. The molecule has 82 valence electrons. The molecular weight excluding hydrogens is 254 g/mol. The van der Waals surface area contributed by atoms with E-state index in [1.807, 2.05) is 6.07 Å². The molecular formula is C12H16BrNO. The van der Waals surface area contributed by atoms with Crippen LogP contribution in [0.5, 0.6) is 0 Å². The molecule has 0 aliphatic carbocycles. The quantitative estimate of drug-likeness (QED) is 0.911. The number of hydrogen-bond acceptors (Lipinski definition) is 2. The second kappa shape index (κ2) is 5.64. The van der Waals surface area contributed by atoms with Gasteiger partial charge in [-0.2, -0.15) is 0 Å². The Labute approximate surface area is 99.1 Å². The van der Waals surface area contributed by atoms with Crippen LogP contribution in [0.2, 0.25) is 0 Å². The van der Waals surface area contributed by atoms with Crippen molar-refractivity contribution in [1.29, 1.82) is 0 Å². The molecule has 0 unspecified atom stereocenters. The smallest absolute Gasteiger partial charge is 0.0480 e. The first-order chi connectivity index (χ1) is 7.36. The van der Waals surface area contributed by atoms with Crippen molar-refractivity contribution in [3.05, 3.63) is 34.3 Å². The highest BCUT2D eigenvalue weighted by molar-refractivity contribution is 9.10. The zero-order valence-electron chi connectivity index (χ0n) is 8.71. The third kappa shape index (κ3) is 3.30. The Kier molecular flexibility index (Phi) is 4.18. The van der Waals surface area contributed by atoms with Gasteiger partial charge >= 0.3 is 0 Å². The fourth-order valence-electron chi connectivity index (χ4n) is 1.80. The van der Waals surface area contributed by atoms with Gasteiger partial charge in [0.15, 0.2) is 0 Å². The fraction of sp³-hybridized carbons (Fsp3) is 0.500. The van der Waals surface area contributed by atoms with Crippen molar-refractivity contribution < 1.29 is 4.74 Å². The first kappa shape index (κ1) is 11.1. The number of nitrogens with one attached hydrogen (secondary N) is 1. The van der Waals surface area contributed by atoms with Gasteiger partial charge < -0.3 is 10.1 Å². The minimum atomic E-state index is 0.617. The molecule has 1 fully saturated rings. The van der Waals surface area contributed by atoms with E-state index < -0.39 is 0 Å². The molecule has 1 aliphatic heterocycles. The van der Waals surface area contributed by atoms with Crippen LogP contribution in [0.25, 0.3) is 0 Å². The first-order valence-electron chi connectivity index (χ1n) is 5.41. The standard InChI is InChI=1S/C12H16BrNO/c13-12-4-2-1-3-10(12)9-14-11-5-7-15-8-6-11/h1-4,11,14H,5-9H2. The molecule has 3 heteroatoms. The average Bonchev–Trinajstić information content (AvgIpc) is 2.29. The summed E-state index contributed by atoms with van der Waals surface area (Å²) < 4.78 is 6.51. The molecule has 0 saturated carbocycles. The van der Waals surface area contributed by atoms with Crippen molar-refractivity contribution in [3.8, 4) is 0 Å². The van der Waals surface area contributed by atoms with Crippen molar-refractivity contribution in [2.45, 2.75) is 25.4 Å². The first-order valence-corrected chi connectivity index (χ1v) is 6.20. The van der Waals surface area contributed by atoms with E-state index in [0.717, 1.165) is 32.6 Å². The van der Waals surface area contributed by atoms with Crippen LogP contribution in [-0.2, 0) is 11.3 Å². The molecule has 0 radical (unpaired) electrons. The van der Waals surface area contributed by atoms with Crippen LogP contribution in [0, 0.1) is 0 Å². The number of halogens is 1. The Balaban J connectivity index is 1.84. The molecule has 1 aromatic rings. The Bertz CT molecular complexity index is 310. The number of benzene rings is 1. The third-order valence-corrected chi connectivity index (χ3v) is 3.53. The molecule has 15 heavy (non-hydrogen) atoms. The maximum atomic E-state index is 5.33. The highest BCUT2D eigenvalue weighted by Gasteiger charge is 2.12. The van der Waals surface area contributed by atoms with Gasteiger partial charge in [-0.3, -0.25) is 0 Å². The lowest BCUT2D eigenvalue weighted by Crippen LogP contribution is -2.34. The minimum absolute atomic E-state index is 0.617. The SMILES string of the molecule is Brc1ccccc1CNC1CCOCC1. The topological polar surface area (TPSA) is 21.3 Å². The second-order valence-corrected chi connectivity index (χ2v) is 4.71. The van der Waals surface area contributed by atoms with E-state index in [4.69, 9.17) is 4.74 Å². The molecule has 0 atom stereocenters. The zero-order valence-corrected chi connectivity index (χ0v) is 10.3. The van der Waals surface area contributed by atoms with Gasteiger partial charge in [0.05, 0.1) is 0 Å². The highest BCUT2D eigenvalue weighted by Crippen LogP contribution is 2.16. The summed E-state index contributed by atoms with van der Waals surface area (Å²) in [4.78, 5) is 0. The Morgan fingerprint density at radius 3 is 2.73 bits per heavy atom. The Morgan fingerprint density at radius 1 is 1.27 bits per heavy atom. The second-order valence-electron chi connectivity index (χ2n) is 3.86. The third-order valence-electron chi connectivity index (χ3n) is 2.76. The lowest BCUT2D eigenvalue weighted by molar-refractivity contribution is 0.0776. The van der Waals surface area contributed by atoms with E-state index in [-0.39, 0.29) is 0 Å². The molecule has 1 aliphatic rings. The average molecular weight is 270 g/mol. The van der Waals surface area contributed by atoms with Crippen LogP contribution >= 0.6 is 15.9 Å². The Morgan fingerprint density at radius 2 is 2.00 bits per heavy atom. The van der Waals surface area contributed by atoms with Gasteiger partial charge in [0.2, 0.25) is 0 Å². The van der Waals surface area contributed by atoms with Crippen LogP contribution in [0.1, 0.15) is 18.4 Å². The Hall–Kier alpha value is -0.380.